The molecule has 3 heteroatoms. The van der Waals surface area contributed by atoms with E-state index in [0.29, 0.717) is 6.04 Å². The van der Waals surface area contributed by atoms with E-state index in [1.807, 2.05) is 0 Å². The van der Waals surface area contributed by atoms with Crippen molar-refractivity contribution in [2.45, 2.75) is 45.3 Å². The molecule has 0 aromatic heterocycles. The van der Waals surface area contributed by atoms with Gasteiger partial charge in [-0.3, -0.25) is 4.90 Å². The van der Waals surface area contributed by atoms with Crippen LogP contribution in [-0.4, -0.2) is 36.7 Å². The summed E-state index contributed by atoms with van der Waals surface area (Å²) in [7, 11) is 0. The summed E-state index contributed by atoms with van der Waals surface area (Å²) < 4.78 is 5.93. The molecule has 1 heterocycles. The first-order chi connectivity index (χ1) is 10.0. The Bertz CT molecular complexity index is 453. The van der Waals surface area contributed by atoms with Gasteiger partial charge in [-0.15, -0.1) is 0 Å². The van der Waals surface area contributed by atoms with Crippen molar-refractivity contribution >= 4 is 0 Å². The van der Waals surface area contributed by atoms with Gasteiger partial charge in [0, 0.05) is 32.2 Å². The third-order valence-corrected chi connectivity index (χ3v) is 4.26. The molecule has 1 aliphatic carbocycles. The first-order valence-electron chi connectivity index (χ1n) is 8.27. The Labute approximate surface area is 128 Å². The van der Waals surface area contributed by atoms with Crippen LogP contribution in [0.3, 0.4) is 0 Å². The van der Waals surface area contributed by atoms with Crippen molar-refractivity contribution in [3.05, 3.63) is 29.8 Å². The Hall–Kier alpha value is -1.06. The molecule has 2 aliphatic rings. The minimum atomic E-state index is -0.129. The maximum Gasteiger partial charge on any atom is 0.120 e. The molecule has 0 radical (unpaired) electrons. The van der Waals surface area contributed by atoms with Gasteiger partial charge in [0.1, 0.15) is 11.4 Å². The van der Waals surface area contributed by atoms with Crippen molar-refractivity contribution in [2.24, 2.45) is 5.92 Å². The molecule has 1 aromatic rings. The Balaban J connectivity index is 1.73. The standard InChI is InChI=1S/C18H28N2O/c1-18(2,3)21-16-8-6-15(7-9-16)17(14-4-5-14)20-12-10-19-11-13-20/h6-9,14,17,19H,4-5,10-13H2,1-3H3/t17-/m0/s1. The number of ether oxygens (including phenoxy) is 1. The van der Waals surface area contributed by atoms with Gasteiger partial charge in [0.05, 0.1) is 0 Å². The van der Waals surface area contributed by atoms with E-state index in [0.717, 1.165) is 24.8 Å². The fourth-order valence-electron chi connectivity index (χ4n) is 3.24. The van der Waals surface area contributed by atoms with Crippen LogP contribution in [-0.2, 0) is 0 Å². The van der Waals surface area contributed by atoms with Crippen molar-refractivity contribution in [1.29, 1.82) is 0 Å². The van der Waals surface area contributed by atoms with E-state index in [1.54, 1.807) is 0 Å². The Kier molecular flexibility index (Phi) is 4.23. The predicted molar refractivity (Wildman–Crippen MR) is 86.7 cm³/mol. The van der Waals surface area contributed by atoms with Gasteiger partial charge in [-0.25, -0.2) is 0 Å². The lowest BCUT2D eigenvalue weighted by Crippen LogP contribution is -2.45. The fraction of sp³-hybridized carbons (Fsp3) is 0.667. The first kappa shape index (κ1) is 14.9. The highest BCUT2D eigenvalue weighted by atomic mass is 16.5. The molecule has 1 saturated heterocycles. The second-order valence-electron chi connectivity index (χ2n) is 7.35. The molecule has 1 saturated carbocycles. The fourth-order valence-corrected chi connectivity index (χ4v) is 3.24. The molecule has 0 bridgehead atoms. The van der Waals surface area contributed by atoms with Crippen molar-refractivity contribution in [3.8, 4) is 5.75 Å². The normalized spacial score (nSPS) is 22.0. The molecular weight excluding hydrogens is 260 g/mol. The lowest BCUT2D eigenvalue weighted by atomic mass is 9.99. The third kappa shape index (κ3) is 3.98. The van der Waals surface area contributed by atoms with E-state index in [2.05, 4.69) is 55.3 Å². The monoisotopic (exact) mass is 288 g/mol. The highest BCUT2D eigenvalue weighted by Crippen LogP contribution is 2.44. The summed E-state index contributed by atoms with van der Waals surface area (Å²) in [6.45, 7) is 10.9. The molecule has 21 heavy (non-hydrogen) atoms. The lowest BCUT2D eigenvalue weighted by molar-refractivity contribution is 0.130. The molecule has 0 unspecified atom stereocenters. The van der Waals surface area contributed by atoms with E-state index in [9.17, 15) is 0 Å². The van der Waals surface area contributed by atoms with Gasteiger partial charge in [0.15, 0.2) is 0 Å². The number of nitrogens with zero attached hydrogens (tertiary/aromatic N) is 1. The summed E-state index contributed by atoms with van der Waals surface area (Å²) in [6.07, 6.45) is 2.77. The number of piperazine rings is 1. The molecule has 2 fully saturated rings. The van der Waals surface area contributed by atoms with Crippen LogP contribution in [0, 0.1) is 5.92 Å². The number of rotatable bonds is 4. The summed E-state index contributed by atoms with van der Waals surface area (Å²) in [5.74, 6) is 1.83. The first-order valence-corrected chi connectivity index (χ1v) is 8.27. The van der Waals surface area contributed by atoms with Crippen LogP contribution >= 0.6 is 0 Å². The van der Waals surface area contributed by atoms with Gasteiger partial charge in [-0.2, -0.15) is 0 Å². The molecule has 0 amide bonds. The maximum atomic E-state index is 5.93. The highest BCUT2D eigenvalue weighted by Gasteiger charge is 2.36. The number of hydrogen-bond acceptors (Lipinski definition) is 3. The smallest absolute Gasteiger partial charge is 0.120 e. The molecule has 1 aliphatic heterocycles. The zero-order valence-electron chi connectivity index (χ0n) is 13.6. The largest absolute Gasteiger partial charge is 0.488 e. The van der Waals surface area contributed by atoms with E-state index in [4.69, 9.17) is 4.74 Å². The lowest BCUT2D eigenvalue weighted by Gasteiger charge is -2.35. The van der Waals surface area contributed by atoms with Gasteiger partial charge in [-0.1, -0.05) is 12.1 Å². The molecule has 116 valence electrons. The van der Waals surface area contributed by atoms with Gasteiger partial charge < -0.3 is 10.1 Å². The summed E-state index contributed by atoms with van der Waals surface area (Å²) in [5, 5.41) is 3.45. The predicted octanol–water partition coefficient (Wildman–Crippen LogP) is 3.22. The number of benzene rings is 1. The van der Waals surface area contributed by atoms with Crippen LogP contribution in [0.2, 0.25) is 0 Å². The third-order valence-electron chi connectivity index (χ3n) is 4.26. The van der Waals surface area contributed by atoms with E-state index < -0.39 is 0 Å². The topological polar surface area (TPSA) is 24.5 Å². The average Bonchev–Trinajstić information content (AvgIpc) is 3.25. The van der Waals surface area contributed by atoms with Crippen molar-refractivity contribution in [1.82, 2.24) is 10.2 Å². The highest BCUT2D eigenvalue weighted by molar-refractivity contribution is 5.30. The van der Waals surface area contributed by atoms with E-state index >= 15 is 0 Å². The number of nitrogens with one attached hydrogen (secondary N) is 1. The quantitative estimate of drug-likeness (QED) is 0.920. The molecule has 1 atom stereocenters. The van der Waals surface area contributed by atoms with Crippen molar-refractivity contribution in [3.63, 3.8) is 0 Å². The maximum absolute atomic E-state index is 5.93. The van der Waals surface area contributed by atoms with Crippen LogP contribution in [0.25, 0.3) is 0 Å². The second kappa shape index (κ2) is 5.98. The molecule has 3 nitrogen and oxygen atoms in total. The van der Waals surface area contributed by atoms with E-state index in [-0.39, 0.29) is 5.60 Å². The van der Waals surface area contributed by atoms with E-state index in [1.165, 1.54) is 31.5 Å². The van der Waals surface area contributed by atoms with Crippen LogP contribution in [0.4, 0.5) is 0 Å². The van der Waals surface area contributed by atoms with Crippen LogP contribution < -0.4 is 10.1 Å². The Morgan fingerprint density at radius 2 is 1.71 bits per heavy atom. The summed E-state index contributed by atoms with van der Waals surface area (Å²) in [6, 6.07) is 9.42. The molecule has 0 spiro atoms. The second-order valence-corrected chi connectivity index (χ2v) is 7.35. The summed E-state index contributed by atoms with van der Waals surface area (Å²) >= 11 is 0. The van der Waals surface area contributed by atoms with Gasteiger partial charge in [0.2, 0.25) is 0 Å². The minimum absolute atomic E-state index is 0.129. The zero-order chi connectivity index (χ0) is 14.9. The van der Waals surface area contributed by atoms with Crippen LogP contribution in [0.1, 0.15) is 45.2 Å². The summed E-state index contributed by atoms with van der Waals surface area (Å²) in [5.41, 5.74) is 1.33. The van der Waals surface area contributed by atoms with Crippen molar-refractivity contribution < 1.29 is 4.74 Å². The van der Waals surface area contributed by atoms with Gasteiger partial charge in [0.25, 0.3) is 0 Å². The van der Waals surface area contributed by atoms with Crippen LogP contribution in [0.15, 0.2) is 24.3 Å². The van der Waals surface area contributed by atoms with Gasteiger partial charge >= 0.3 is 0 Å². The summed E-state index contributed by atoms with van der Waals surface area (Å²) in [4.78, 5) is 2.66. The van der Waals surface area contributed by atoms with Crippen molar-refractivity contribution in [2.75, 3.05) is 26.2 Å². The average molecular weight is 288 g/mol. The number of hydrogen-bond donors (Lipinski definition) is 1. The molecule has 1 N–H and O–H groups in total. The SMILES string of the molecule is CC(C)(C)Oc1ccc([C@H](C2CC2)N2CCNCC2)cc1. The Morgan fingerprint density at radius 3 is 2.24 bits per heavy atom. The van der Waals surface area contributed by atoms with Crippen LogP contribution in [0.5, 0.6) is 5.75 Å². The molecular formula is C18H28N2O. The zero-order valence-corrected chi connectivity index (χ0v) is 13.6. The van der Waals surface area contributed by atoms with Gasteiger partial charge in [-0.05, 0) is 57.2 Å². The minimum Gasteiger partial charge on any atom is -0.488 e. The molecule has 3 rings (SSSR count). The molecule has 1 aromatic carbocycles. The Morgan fingerprint density at radius 1 is 1.10 bits per heavy atom.